The molecule has 1 unspecified atom stereocenters. The van der Waals surface area contributed by atoms with Crippen LogP contribution in [-0.2, 0) is 17.1 Å². The number of carbonyl (C=O) groups excluding carboxylic acids is 1. The fourth-order valence-electron chi connectivity index (χ4n) is 2.46. The molecule has 1 amide bonds. The van der Waals surface area contributed by atoms with Crippen molar-refractivity contribution in [2.45, 2.75) is 45.2 Å². The molecule has 0 saturated carbocycles. The molecule has 0 bridgehead atoms. The molecule has 0 aliphatic heterocycles. The Balaban J connectivity index is 1.60. The molecule has 3 rings (SSSR count). The number of hydrogen-bond acceptors (Lipinski definition) is 7. The Kier molecular flexibility index (Phi) is 5.79. The summed E-state index contributed by atoms with van der Waals surface area (Å²) in [4.78, 5) is 38.1. The molecular formula is C17H20N4O2S3. The number of fused-ring (bicyclic) bond motifs is 1. The third-order valence-corrected chi connectivity index (χ3v) is 7.12. The minimum atomic E-state index is -0.248. The van der Waals surface area contributed by atoms with Crippen molar-refractivity contribution >= 4 is 50.6 Å². The van der Waals surface area contributed by atoms with Gasteiger partial charge in [-0.3, -0.25) is 9.59 Å². The smallest absolute Gasteiger partial charge is 0.259 e. The fourth-order valence-corrected chi connectivity index (χ4v) is 4.90. The number of thiophene rings is 1. The Labute approximate surface area is 163 Å². The maximum absolute atomic E-state index is 12.3. The summed E-state index contributed by atoms with van der Waals surface area (Å²) in [5.41, 5.74) is 1.75. The zero-order valence-electron chi connectivity index (χ0n) is 15.0. The number of thioether (sulfide) groups is 1. The van der Waals surface area contributed by atoms with Crippen molar-refractivity contribution in [2.75, 3.05) is 0 Å². The summed E-state index contributed by atoms with van der Waals surface area (Å²) < 4.78 is 0. The number of H-pyrrole nitrogens is 1. The third-order valence-electron chi connectivity index (χ3n) is 4.04. The van der Waals surface area contributed by atoms with E-state index in [-0.39, 0.29) is 16.7 Å². The second-order valence-electron chi connectivity index (χ2n) is 6.00. The van der Waals surface area contributed by atoms with Gasteiger partial charge in [-0.2, -0.15) is 0 Å². The molecule has 3 aromatic rings. The summed E-state index contributed by atoms with van der Waals surface area (Å²) in [5.74, 6) is 1.03. The predicted molar refractivity (Wildman–Crippen MR) is 109 cm³/mol. The highest BCUT2D eigenvalue weighted by Gasteiger charge is 2.16. The quantitative estimate of drug-likeness (QED) is 0.653. The van der Waals surface area contributed by atoms with Crippen molar-refractivity contribution in [3.05, 3.63) is 42.7 Å². The van der Waals surface area contributed by atoms with Crippen LogP contribution >= 0.6 is 34.4 Å². The number of aromatic nitrogens is 3. The molecule has 0 aliphatic rings. The van der Waals surface area contributed by atoms with Gasteiger partial charge in [-0.05, 0) is 33.3 Å². The van der Waals surface area contributed by atoms with Crippen LogP contribution in [0.15, 0.2) is 10.2 Å². The normalized spacial score (nSPS) is 12.5. The molecule has 0 aromatic carbocycles. The number of hydrogen-bond donors (Lipinski definition) is 2. The Bertz CT molecular complexity index is 1010. The van der Waals surface area contributed by atoms with Gasteiger partial charge in [-0.25, -0.2) is 9.97 Å². The molecule has 6 nitrogen and oxygen atoms in total. The summed E-state index contributed by atoms with van der Waals surface area (Å²) in [6.45, 7) is 8.16. The van der Waals surface area contributed by atoms with E-state index in [2.05, 4.69) is 20.3 Å². The second-order valence-corrected chi connectivity index (χ2v) is 9.60. The van der Waals surface area contributed by atoms with Crippen LogP contribution in [0.3, 0.4) is 0 Å². The highest BCUT2D eigenvalue weighted by molar-refractivity contribution is 7.99. The number of amides is 1. The maximum atomic E-state index is 12.3. The van der Waals surface area contributed by atoms with E-state index in [0.717, 1.165) is 26.0 Å². The van der Waals surface area contributed by atoms with Gasteiger partial charge in [0, 0.05) is 10.3 Å². The average Bonchev–Trinajstić information content (AvgIpc) is 3.13. The molecule has 0 radical (unpaired) electrons. The molecular weight excluding hydrogens is 388 g/mol. The zero-order valence-corrected chi connectivity index (χ0v) is 17.5. The zero-order chi connectivity index (χ0) is 18.8. The first kappa shape index (κ1) is 19.1. The van der Waals surface area contributed by atoms with Crippen molar-refractivity contribution in [3.63, 3.8) is 0 Å². The van der Waals surface area contributed by atoms with Crippen molar-refractivity contribution in [2.24, 2.45) is 0 Å². The van der Waals surface area contributed by atoms with Gasteiger partial charge in [-0.1, -0.05) is 0 Å². The molecule has 0 aliphatic carbocycles. The van der Waals surface area contributed by atoms with Crippen molar-refractivity contribution in [1.82, 2.24) is 20.3 Å². The summed E-state index contributed by atoms with van der Waals surface area (Å²) in [7, 11) is 0. The lowest BCUT2D eigenvalue weighted by Crippen LogP contribution is -2.30. The first-order valence-electron chi connectivity index (χ1n) is 8.14. The van der Waals surface area contributed by atoms with Gasteiger partial charge in [0.05, 0.1) is 33.6 Å². The number of aromatic amines is 1. The van der Waals surface area contributed by atoms with E-state index in [0.29, 0.717) is 23.5 Å². The molecule has 138 valence electrons. The minimum absolute atomic E-state index is 0.0492. The Morgan fingerprint density at radius 1 is 1.35 bits per heavy atom. The lowest BCUT2D eigenvalue weighted by atomic mass is 10.2. The number of nitrogens with zero attached hydrogens (tertiary/aromatic N) is 2. The van der Waals surface area contributed by atoms with Gasteiger partial charge < -0.3 is 10.3 Å². The average molecular weight is 409 g/mol. The molecule has 0 fully saturated rings. The van der Waals surface area contributed by atoms with Gasteiger partial charge in [0.15, 0.2) is 0 Å². The molecule has 3 heterocycles. The van der Waals surface area contributed by atoms with Gasteiger partial charge in [0.2, 0.25) is 5.91 Å². The lowest BCUT2D eigenvalue weighted by molar-refractivity contribution is -0.120. The predicted octanol–water partition coefficient (Wildman–Crippen LogP) is 3.30. The topological polar surface area (TPSA) is 87.7 Å². The Morgan fingerprint density at radius 2 is 2.12 bits per heavy atom. The van der Waals surface area contributed by atoms with E-state index in [1.165, 1.54) is 23.1 Å². The SMILES string of the molecule is Cc1nc(CNC(=O)C(C)SCc2nc3sc(C)c(C)c3c(=O)[nH]2)cs1. The molecule has 0 spiro atoms. The minimum Gasteiger partial charge on any atom is -0.349 e. The summed E-state index contributed by atoms with van der Waals surface area (Å²) in [6.07, 6.45) is 0. The number of carbonyl (C=O) groups is 1. The number of nitrogens with one attached hydrogen (secondary N) is 2. The molecule has 3 aromatic heterocycles. The van der Waals surface area contributed by atoms with Crippen LogP contribution < -0.4 is 10.9 Å². The maximum Gasteiger partial charge on any atom is 0.259 e. The highest BCUT2D eigenvalue weighted by Crippen LogP contribution is 2.26. The van der Waals surface area contributed by atoms with Crippen LogP contribution in [-0.4, -0.2) is 26.1 Å². The third kappa shape index (κ3) is 4.16. The molecule has 2 N–H and O–H groups in total. The molecule has 0 saturated heterocycles. The first-order chi connectivity index (χ1) is 12.3. The highest BCUT2D eigenvalue weighted by atomic mass is 32.2. The lowest BCUT2D eigenvalue weighted by Gasteiger charge is -2.11. The number of rotatable bonds is 6. The van der Waals surface area contributed by atoms with Crippen LogP contribution in [0, 0.1) is 20.8 Å². The standard InChI is InChI=1S/C17H20N4O2S3/c1-8-9(2)26-17-14(8)16(23)20-13(21-17)7-24-10(3)15(22)18-5-12-6-25-11(4)19-12/h6,10H,5,7H2,1-4H3,(H,18,22)(H,20,21,23). The molecule has 9 heteroatoms. The van der Waals surface area contributed by atoms with Crippen LogP contribution in [0.1, 0.15) is 33.9 Å². The van der Waals surface area contributed by atoms with E-state index in [4.69, 9.17) is 0 Å². The largest absolute Gasteiger partial charge is 0.349 e. The van der Waals surface area contributed by atoms with E-state index < -0.39 is 0 Å². The first-order valence-corrected chi connectivity index (χ1v) is 10.9. The summed E-state index contributed by atoms with van der Waals surface area (Å²) >= 11 is 4.55. The van der Waals surface area contributed by atoms with E-state index in [9.17, 15) is 9.59 Å². The van der Waals surface area contributed by atoms with E-state index >= 15 is 0 Å². The van der Waals surface area contributed by atoms with Gasteiger partial charge in [-0.15, -0.1) is 34.4 Å². The Morgan fingerprint density at radius 3 is 2.81 bits per heavy atom. The second kappa shape index (κ2) is 7.89. The molecule has 26 heavy (non-hydrogen) atoms. The van der Waals surface area contributed by atoms with Gasteiger partial charge >= 0.3 is 0 Å². The van der Waals surface area contributed by atoms with Gasteiger partial charge in [0.25, 0.3) is 5.56 Å². The Hall–Kier alpha value is -1.71. The van der Waals surface area contributed by atoms with E-state index in [1.54, 1.807) is 11.3 Å². The van der Waals surface area contributed by atoms with Crippen LogP contribution in [0.4, 0.5) is 0 Å². The summed E-state index contributed by atoms with van der Waals surface area (Å²) in [6, 6.07) is 0. The summed E-state index contributed by atoms with van der Waals surface area (Å²) in [5, 5.41) is 6.25. The van der Waals surface area contributed by atoms with Crippen LogP contribution in [0.5, 0.6) is 0 Å². The van der Waals surface area contributed by atoms with Crippen molar-refractivity contribution in [1.29, 1.82) is 0 Å². The van der Waals surface area contributed by atoms with E-state index in [1.807, 2.05) is 33.1 Å². The monoisotopic (exact) mass is 408 g/mol. The number of thiazole rings is 1. The number of aryl methyl sites for hydroxylation is 3. The van der Waals surface area contributed by atoms with Crippen molar-refractivity contribution < 1.29 is 4.79 Å². The molecule has 1 atom stereocenters. The van der Waals surface area contributed by atoms with Crippen molar-refractivity contribution in [3.8, 4) is 0 Å². The van der Waals surface area contributed by atoms with Crippen LogP contribution in [0.2, 0.25) is 0 Å². The van der Waals surface area contributed by atoms with Gasteiger partial charge in [0.1, 0.15) is 10.7 Å². The van der Waals surface area contributed by atoms with Crippen LogP contribution in [0.25, 0.3) is 10.2 Å². The fraction of sp³-hybridized carbons (Fsp3) is 0.412.